The monoisotopic (exact) mass is 333 g/mol. The van der Waals surface area contributed by atoms with Crippen molar-refractivity contribution in [2.75, 3.05) is 0 Å². The predicted molar refractivity (Wildman–Crippen MR) is 91.1 cm³/mol. The minimum absolute atomic E-state index is 0.0207. The Bertz CT molecular complexity index is 1130. The zero-order chi connectivity index (χ0) is 17.4. The Morgan fingerprint density at radius 1 is 0.960 bits per heavy atom. The van der Waals surface area contributed by atoms with Crippen LogP contribution in [0, 0.1) is 10.1 Å². The van der Waals surface area contributed by atoms with E-state index in [1.807, 2.05) is 30.3 Å². The summed E-state index contributed by atoms with van der Waals surface area (Å²) in [5.74, 6) is 0.769. The van der Waals surface area contributed by atoms with Crippen molar-refractivity contribution in [3.05, 3.63) is 81.1 Å². The molecule has 4 rings (SSSR count). The third-order valence-electron chi connectivity index (χ3n) is 3.75. The van der Waals surface area contributed by atoms with E-state index in [1.165, 1.54) is 22.7 Å². The first kappa shape index (κ1) is 14.8. The van der Waals surface area contributed by atoms with E-state index in [9.17, 15) is 14.9 Å². The largest absolute Gasteiger partial charge is 0.274 e. The smallest absolute Gasteiger partial charge is 0.271 e. The van der Waals surface area contributed by atoms with E-state index in [-0.39, 0.29) is 17.0 Å². The first-order chi connectivity index (χ1) is 12.1. The second-order valence-corrected chi connectivity index (χ2v) is 5.36. The van der Waals surface area contributed by atoms with E-state index in [0.29, 0.717) is 17.1 Å². The van der Waals surface area contributed by atoms with E-state index >= 15 is 0 Å². The molecule has 0 aliphatic carbocycles. The van der Waals surface area contributed by atoms with Crippen LogP contribution in [-0.4, -0.2) is 24.5 Å². The lowest BCUT2D eigenvalue weighted by molar-refractivity contribution is -0.384. The zero-order valence-corrected chi connectivity index (χ0v) is 12.8. The molecule has 0 aliphatic rings. The lowest BCUT2D eigenvalue weighted by atomic mass is 10.1. The second kappa shape index (κ2) is 5.68. The summed E-state index contributed by atoms with van der Waals surface area (Å²) in [6, 6.07) is 16.6. The van der Waals surface area contributed by atoms with E-state index in [1.54, 1.807) is 12.1 Å². The average molecular weight is 333 g/mol. The van der Waals surface area contributed by atoms with Crippen LogP contribution >= 0.6 is 0 Å². The highest BCUT2D eigenvalue weighted by Crippen LogP contribution is 2.21. The molecule has 4 aromatic rings. The summed E-state index contributed by atoms with van der Waals surface area (Å²) in [6.45, 7) is 0. The standard InChI is InChI=1S/C17H11N5O3/c23-15-10-14(11-6-8-13(9-7-11)22(24)25)18-17-19-16(20-21(15)17)12-4-2-1-3-5-12/h1-10H,(H,18,19,20). The summed E-state index contributed by atoms with van der Waals surface area (Å²) in [6.07, 6.45) is 0. The van der Waals surface area contributed by atoms with Gasteiger partial charge in [0.25, 0.3) is 17.0 Å². The van der Waals surface area contributed by atoms with Crippen LogP contribution in [0.25, 0.3) is 28.4 Å². The number of H-pyrrole nitrogens is 1. The maximum absolute atomic E-state index is 12.3. The molecule has 0 saturated carbocycles. The number of nitro groups is 1. The Morgan fingerprint density at radius 3 is 2.36 bits per heavy atom. The molecule has 0 radical (unpaired) electrons. The topological polar surface area (TPSA) is 106 Å². The van der Waals surface area contributed by atoms with Crippen LogP contribution in [0.3, 0.4) is 0 Å². The van der Waals surface area contributed by atoms with Crippen molar-refractivity contribution in [1.82, 2.24) is 19.6 Å². The Morgan fingerprint density at radius 2 is 1.68 bits per heavy atom. The molecule has 122 valence electrons. The van der Waals surface area contributed by atoms with Crippen LogP contribution in [0.15, 0.2) is 65.5 Å². The number of aromatic amines is 1. The molecule has 2 aromatic heterocycles. The maximum atomic E-state index is 12.3. The van der Waals surface area contributed by atoms with E-state index in [2.05, 4.69) is 15.1 Å². The summed E-state index contributed by atoms with van der Waals surface area (Å²) in [4.78, 5) is 31.3. The minimum atomic E-state index is -0.477. The summed E-state index contributed by atoms with van der Waals surface area (Å²) in [7, 11) is 0. The molecular formula is C17H11N5O3. The van der Waals surface area contributed by atoms with Crippen molar-refractivity contribution >= 4 is 11.5 Å². The fourth-order valence-corrected chi connectivity index (χ4v) is 2.51. The lowest BCUT2D eigenvalue weighted by Gasteiger charge is -2.00. The maximum Gasteiger partial charge on any atom is 0.274 e. The summed E-state index contributed by atoms with van der Waals surface area (Å²) >= 11 is 0. The fraction of sp³-hybridized carbons (Fsp3) is 0. The molecule has 2 aromatic carbocycles. The normalized spacial score (nSPS) is 10.9. The Hall–Kier alpha value is -3.81. The van der Waals surface area contributed by atoms with Gasteiger partial charge in [0.15, 0.2) is 5.82 Å². The van der Waals surface area contributed by atoms with Crippen molar-refractivity contribution in [3.8, 4) is 22.6 Å². The molecule has 0 spiro atoms. The number of rotatable bonds is 3. The van der Waals surface area contributed by atoms with Crippen molar-refractivity contribution < 1.29 is 4.92 Å². The van der Waals surface area contributed by atoms with Gasteiger partial charge in [0, 0.05) is 29.3 Å². The van der Waals surface area contributed by atoms with Gasteiger partial charge in [-0.2, -0.15) is 9.50 Å². The van der Waals surface area contributed by atoms with E-state index < -0.39 is 4.92 Å². The number of nitrogens with one attached hydrogen (secondary N) is 1. The van der Waals surface area contributed by atoms with Gasteiger partial charge in [-0.3, -0.25) is 20.0 Å². The van der Waals surface area contributed by atoms with Gasteiger partial charge in [0.05, 0.1) is 10.6 Å². The van der Waals surface area contributed by atoms with Crippen molar-refractivity contribution in [2.24, 2.45) is 0 Å². The van der Waals surface area contributed by atoms with Crippen LogP contribution < -0.4 is 5.56 Å². The van der Waals surface area contributed by atoms with Gasteiger partial charge < -0.3 is 0 Å². The van der Waals surface area contributed by atoms with Crippen molar-refractivity contribution in [2.45, 2.75) is 0 Å². The number of benzene rings is 2. The van der Waals surface area contributed by atoms with Crippen LogP contribution in [-0.2, 0) is 0 Å². The molecule has 0 aliphatic heterocycles. The first-order valence-corrected chi connectivity index (χ1v) is 7.42. The summed E-state index contributed by atoms with van der Waals surface area (Å²) in [5.41, 5.74) is 1.52. The third-order valence-corrected chi connectivity index (χ3v) is 3.75. The minimum Gasteiger partial charge on any atom is -0.271 e. The van der Waals surface area contributed by atoms with Gasteiger partial charge in [-0.25, -0.2) is 4.98 Å². The summed E-state index contributed by atoms with van der Waals surface area (Å²) < 4.78 is 1.26. The van der Waals surface area contributed by atoms with Crippen LogP contribution in [0.2, 0.25) is 0 Å². The summed E-state index contributed by atoms with van der Waals surface area (Å²) in [5, 5.41) is 13.7. The van der Waals surface area contributed by atoms with Gasteiger partial charge in [0.2, 0.25) is 0 Å². The molecular weight excluding hydrogens is 322 g/mol. The van der Waals surface area contributed by atoms with Gasteiger partial charge in [0.1, 0.15) is 0 Å². The fourth-order valence-electron chi connectivity index (χ4n) is 2.51. The van der Waals surface area contributed by atoms with Crippen molar-refractivity contribution in [1.29, 1.82) is 0 Å². The third kappa shape index (κ3) is 2.65. The van der Waals surface area contributed by atoms with Gasteiger partial charge in [-0.1, -0.05) is 30.3 Å². The van der Waals surface area contributed by atoms with Gasteiger partial charge in [-0.15, -0.1) is 0 Å². The molecule has 2 heterocycles. The Labute approximate surface area is 140 Å². The number of nitro benzene ring substituents is 1. The number of nitrogens with zero attached hydrogens (tertiary/aromatic N) is 4. The molecule has 0 atom stereocenters. The highest BCUT2D eigenvalue weighted by molar-refractivity contribution is 5.63. The molecule has 0 fully saturated rings. The van der Waals surface area contributed by atoms with Gasteiger partial charge in [-0.05, 0) is 12.1 Å². The van der Waals surface area contributed by atoms with E-state index in [0.717, 1.165) is 5.56 Å². The van der Waals surface area contributed by atoms with Crippen LogP contribution in [0.1, 0.15) is 0 Å². The number of hydrogen-bond donors (Lipinski definition) is 1. The number of aromatic nitrogens is 4. The predicted octanol–water partition coefficient (Wildman–Crippen LogP) is 2.66. The molecule has 8 nitrogen and oxygen atoms in total. The van der Waals surface area contributed by atoms with E-state index in [4.69, 9.17) is 0 Å². The highest BCUT2D eigenvalue weighted by atomic mass is 16.6. The van der Waals surface area contributed by atoms with Crippen LogP contribution in [0.4, 0.5) is 5.69 Å². The molecule has 0 bridgehead atoms. The zero-order valence-electron chi connectivity index (χ0n) is 12.8. The van der Waals surface area contributed by atoms with Crippen molar-refractivity contribution in [3.63, 3.8) is 0 Å². The quantitative estimate of drug-likeness (QED) is 0.458. The molecule has 0 amide bonds. The highest BCUT2D eigenvalue weighted by Gasteiger charge is 2.11. The lowest BCUT2D eigenvalue weighted by Crippen LogP contribution is -2.14. The number of hydrogen-bond acceptors (Lipinski definition) is 5. The first-order valence-electron chi connectivity index (χ1n) is 7.42. The number of non-ortho nitro benzene ring substituents is 1. The van der Waals surface area contributed by atoms with Gasteiger partial charge >= 0.3 is 0 Å². The Kier molecular flexibility index (Phi) is 3.35. The average Bonchev–Trinajstić information content (AvgIpc) is 3.07. The molecule has 1 N–H and O–H groups in total. The Balaban J connectivity index is 1.81. The molecule has 8 heteroatoms. The van der Waals surface area contributed by atoms with Crippen LogP contribution in [0.5, 0.6) is 0 Å². The molecule has 25 heavy (non-hydrogen) atoms. The SMILES string of the molecule is O=c1cc(-c2ccc([N+](=O)[O-])cc2)nc2nc(-c3ccccc3)[nH]n12. The second-order valence-electron chi connectivity index (χ2n) is 5.36. The molecule has 0 unspecified atom stereocenters. The number of fused-ring (bicyclic) bond motifs is 1. The molecule has 0 saturated heterocycles.